The first-order valence-corrected chi connectivity index (χ1v) is 6.74. The molecule has 1 heterocycles. The molecule has 2 aromatic carbocycles. The van der Waals surface area contributed by atoms with E-state index in [0.717, 1.165) is 15.6 Å². The van der Waals surface area contributed by atoms with Crippen LogP contribution >= 0.6 is 15.9 Å². The zero-order chi connectivity index (χ0) is 14.3. The van der Waals surface area contributed by atoms with Crippen LogP contribution in [0.1, 0.15) is 15.9 Å². The highest BCUT2D eigenvalue weighted by atomic mass is 79.9. The van der Waals surface area contributed by atoms with Crippen molar-refractivity contribution in [2.45, 2.75) is 6.92 Å². The Kier molecular flexibility index (Phi) is 3.06. The molecule has 0 unspecified atom stereocenters. The van der Waals surface area contributed by atoms with Crippen LogP contribution in [0.3, 0.4) is 0 Å². The first kappa shape index (κ1) is 12.9. The first-order chi connectivity index (χ1) is 9.54. The van der Waals surface area contributed by atoms with Crippen molar-refractivity contribution in [3.63, 3.8) is 0 Å². The number of nitrogens with zero attached hydrogens (tertiary/aromatic N) is 1. The highest BCUT2D eigenvalue weighted by molar-refractivity contribution is 9.10. The Morgan fingerprint density at radius 2 is 2.05 bits per heavy atom. The van der Waals surface area contributed by atoms with Crippen molar-refractivity contribution in [1.29, 1.82) is 0 Å². The molecule has 0 saturated carbocycles. The second kappa shape index (κ2) is 4.76. The Bertz CT molecular complexity index is 823. The van der Waals surface area contributed by atoms with Crippen molar-refractivity contribution in [3.05, 3.63) is 52.0 Å². The number of benzene rings is 2. The van der Waals surface area contributed by atoms with Gasteiger partial charge in [0.1, 0.15) is 5.52 Å². The zero-order valence-electron chi connectivity index (χ0n) is 10.6. The average Bonchev–Trinajstić information content (AvgIpc) is 2.80. The molecule has 0 amide bonds. The number of carbonyl (C=O) groups is 1. The minimum atomic E-state index is -0.976. The molecule has 1 N–H and O–H groups in total. The molecule has 0 radical (unpaired) electrons. The number of hydrogen-bond acceptors (Lipinski definition) is 3. The van der Waals surface area contributed by atoms with E-state index in [-0.39, 0.29) is 5.56 Å². The van der Waals surface area contributed by atoms with E-state index in [1.54, 1.807) is 6.07 Å². The van der Waals surface area contributed by atoms with Crippen LogP contribution in [0.4, 0.5) is 0 Å². The van der Waals surface area contributed by atoms with Crippen LogP contribution in [-0.4, -0.2) is 16.1 Å². The summed E-state index contributed by atoms with van der Waals surface area (Å²) in [7, 11) is 0. The molecule has 0 atom stereocenters. The Labute approximate surface area is 123 Å². The monoisotopic (exact) mass is 331 g/mol. The van der Waals surface area contributed by atoms with Gasteiger partial charge in [0.25, 0.3) is 0 Å². The number of halogens is 1. The van der Waals surface area contributed by atoms with Crippen LogP contribution in [0.2, 0.25) is 0 Å². The van der Waals surface area contributed by atoms with E-state index in [0.29, 0.717) is 17.0 Å². The number of hydrogen-bond donors (Lipinski definition) is 1. The van der Waals surface area contributed by atoms with Crippen LogP contribution in [0.5, 0.6) is 0 Å². The molecule has 5 heteroatoms. The van der Waals surface area contributed by atoms with E-state index < -0.39 is 5.97 Å². The maximum atomic E-state index is 10.9. The van der Waals surface area contributed by atoms with Gasteiger partial charge >= 0.3 is 5.97 Å². The molecule has 4 nitrogen and oxygen atoms in total. The molecule has 0 aliphatic rings. The maximum absolute atomic E-state index is 10.9. The fourth-order valence-corrected chi connectivity index (χ4v) is 2.52. The molecule has 0 spiro atoms. The second-order valence-electron chi connectivity index (χ2n) is 4.47. The van der Waals surface area contributed by atoms with Gasteiger partial charge in [0.05, 0.1) is 5.56 Å². The molecule has 0 aliphatic carbocycles. The molecule has 0 aliphatic heterocycles. The number of rotatable bonds is 2. The lowest BCUT2D eigenvalue weighted by molar-refractivity contribution is 0.0697. The summed E-state index contributed by atoms with van der Waals surface area (Å²) in [6.45, 7) is 1.97. The van der Waals surface area contributed by atoms with Crippen LogP contribution < -0.4 is 0 Å². The smallest absolute Gasteiger partial charge is 0.335 e. The van der Waals surface area contributed by atoms with Crippen molar-refractivity contribution in [3.8, 4) is 11.5 Å². The topological polar surface area (TPSA) is 63.3 Å². The van der Waals surface area contributed by atoms with E-state index in [4.69, 9.17) is 9.52 Å². The van der Waals surface area contributed by atoms with E-state index in [1.165, 1.54) is 12.1 Å². The summed E-state index contributed by atoms with van der Waals surface area (Å²) in [5.41, 5.74) is 3.24. The summed E-state index contributed by atoms with van der Waals surface area (Å²) in [5.74, 6) is -0.483. The summed E-state index contributed by atoms with van der Waals surface area (Å²) < 4.78 is 6.68. The van der Waals surface area contributed by atoms with Crippen molar-refractivity contribution >= 4 is 33.0 Å². The summed E-state index contributed by atoms with van der Waals surface area (Å²) in [6, 6.07) is 10.5. The number of aromatic carboxylic acids is 1. The van der Waals surface area contributed by atoms with Gasteiger partial charge in [0, 0.05) is 10.0 Å². The Hall–Kier alpha value is -2.14. The van der Waals surface area contributed by atoms with Gasteiger partial charge in [0.2, 0.25) is 5.89 Å². The molecule has 3 rings (SSSR count). The van der Waals surface area contributed by atoms with Crippen molar-refractivity contribution in [2.24, 2.45) is 0 Å². The van der Waals surface area contributed by atoms with E-state index in [9.17, 15) is 4.79 Å². The number of oxazole rings is 1. The number of fused-ring (bicyclic) bond motifs is 1. The maximum Gasteiger partial charge on any atom is 0.335 e. The predicted octanol–water partition coefficient (Wildman–Crippen LogP) is 4.26. The Morgan fingerprint density at radius 1 is 1.25 bits per heavy atom. The summed E-state index contributed by atoms with van der Waals surface area (Å²) in [6.07, 6.45) is 0. The standard InChI is InChI=1S/C15H10BrNO3/c1-8-6-10(16)3-4-11(8)14-17-12-7-9(15(18)19)2-5-13(12)20-14/h2-7H,1H3,(H,18,19). The fourth-order valence-electron chi connectivity index (χ4n) is 2.04. The third kappa shape index (κ3) is 2.20. The third-order valence-electron chi connectivity index (χ3n) is 3.05. The molecule has 1 aromatic heterocycles. The van der Waals surface area contributed by atoms with Gasteiger partial charge in [-0.25, -0.2) is 9.78 Å². The SMILES string of the molecule is Cc1cc(Br)ccc1-c1nc2cc(C(=O)O)ccc2o1. The van der Waals surface area contributed by atoms with E-state index in [2.05, 4.69) is 20.9 Å². The van der Waals surface area contributed by atoms with Crippen LogP contribution in [0.15, 0.2) is 45.3 Å². The summed E-state index contributed by atoms with van der Waals surface area (Å²) >= 11 is 3.41. The lowest BCUT2D eigenvalue weighted by Gasteiger charge is -2.01. The molecule has 0 fully saturated rings. The Morgan fingerprint density at radius 3 is 2.75 bits per heavy atom. The van der Waals surface area contributed by atoms with Gasteiger partial charge in [-0.2, -0.15) is 0 Å². The quantitative estimate of drug-likeness (QED) is 0.761. The van der Waals surface area contributed by atoms with Gasteiger partial charge in [-0.05, 0) is 48.9 Å². The highest BCUT2D eigenvalue weighted by Crippen LogP contribution is 2.28. The number of aromatic nitrogens is 1. The number of aryl methyl sites for hydroxylation is 1. The molecular formula is C15H10BrNO3. The molecular weight excluding hydrogens is 322 g/mol. The van der Waals surface area contributed by atoms with Gasteiger partial charge in [-0.1, -0.05) is 15.9 Å². The molecule has 0 saturated heterocycles. The summed E-state index contributed by atoms with van der Waals surface area (Å²) in [5, 5.41) is 8.98. The average molecular weight is 332 g/mol. The lowest BCUT2D eigenvalue weighted by Crippen LogP contribution is -1.94. The molecule has 3 aromatic rings. The predicted molar refractivity (Wildman–Crippen MR) is 78.8 cm³/mol. The second-order valence-corrected chi connectivity index (χ2v) is 5.38. The normalized spacial score (nSPS) is 10.9. The molecule has 20 heavy (non-hydrogen) atoms. The third-order valence-corrected chi connectivity index (χ3v) is 3.55. The van der Waals surface area contributed by atoms with Crippen molar-refractivity contribution < 1.29 is 14.3 Å². The largest absolute Gasteiger partial charge is 0.478 e. The van der Waals surface area contributed by atoms with Crippen LogP contribution in [-0.2, 0) is 0 Å². The fraction of sp³-hybridized carbons (Fsp3) is 0.0667. The summed E-state index contributed by atoms with van der Waals surface area (Å²) in [4.78, 5) is 15.3. The first-order valence-electron chi connectivity index (χ1n) is 5.95. The van der Waals surface area contributed by atoms with Crippen molar-refractivity contribution in [2.75, 3.05) is 0 Å². The van der Waals surface area contributed by atoms with Gasteiger partial charge in [-0.3, -0.25) is 0 Å². The van der Waals surface area contributed by atoms with Gasteiger partial charge < -0.3 is 9.52 Å². The van der Waals surface area contributed by atoms with Gasteiger partial charge in [-0.15, -0.1) is 0 Å². The minimum Gasteiger partial charge on any atom is -0.478 e. The molecule has 100 valence electrons. The molecule has 0 bridgehead atoms. The highest BCUT2D eigenvalue weighted by Gasteiger charge is 2.12. The minimum absolute atomic E-state index is 0.199. The van der Waals surface area contributed by atoms with E-state index in [1.807, 2.05) is 25.1 Å². The van der Waals surface area contributed by atoms with Gasteiger partial charge in [0.15, 0.2) is 5.58 Å². The zero-order valence-corrected chi connectivity index (χ0v) is 12.1. The Balaban J connectivity index is 2.15. The van der Waals surface area contributed by atoms with Crippen molar-refractivity contribution in [1.82, 2.24) is 4.98 Å². The van der Waals surface area contributed by atoms with Crippen LogP contribution in [0, 0.1) is 6.92 Å². The van der Waals surface area contributed by atoms with Crippen LogP contribution in [0.25, 0.3) is 22.6 Å². The number of carboxylic acid groups (broad SMARTS) is 1. The number of carboxylic acids is 1. The van der Waals surface area contributed by atoms with E-state index >= 15 is 0 Å². The lowest BCUT2D eigenvalue weighted by atomic mass is 10.1.